The lowest BCUT2D eigenvalue weighted by molar-refractivity contribution is -0.0184. The van der Waals surface area contributed by atoms with E-state index in [0.29, 0.717) is 6.10 Å². The van der Waals surface area contributed by atoms with Crippen LogP contribution in [0.5, 0.6) is 0 Å². The summed E-state index contributed by atoms with van der Waals surface area (Å²) in [5.74, 6) is 0. The van der Waals surface area contributed by atoms with Crippen molar-refractivity contribution in [2.75, 3.05) is 32.8 Å². The van der Waals surface area contributed by atoms with Crippen molar-refractivity contribution in [1.29, 1.82) is 0 Å². The maximum absolute atomic E-state index is 5.54. The molecule has 16 heavy (non-hydrogen) atoms. The molecule has 0 radical (unpaired) electrons. The van der Waals surface area contributed by atoms with Gasteiger partial charge >= 0.3 is 0 Å². The molecule has 0 aromatic rings. The van der Waals surface area contributed by atoms with Crippen LogP contribution in [0.3, 0.4) is 0 Å². The van der Waals surface area contributed by atoms with Crippen molar-refractivity contribution in [3.8, 4) is 0 Å². The second-order valence-corrected chi connectivity index (χ2v) is 5.27. The lowest BCUT2D eigenvalue weighted by atomic mass is 10.2. The Bertz CT molecular complexity index is 192. The fourth-order valence-electron chi connectivity index (χ4n) is 2.83. The molecular weight excluding hydrogens is 200 g/mol. The molecule has 3 nitrogen and oxygen atoms in total. The summed E-state index contributed by atoms with van der Waals surface area (Å²) in [7, 11) is 0. The molecule has 0 aromatic heterocycles. The van der Waals surface area contributed by atoms with Crippen LogP contribution < -0.4 is 5.32 Å². The van der Waals surface area contributed by atoms with Crippen LogP contribution >= 0.6 is 0 Å². The molecule has 2 rings (SSSR count). The van der Waals surface area contributed by atoms with Gasteiger partial charge in [0.05, 0.1) is 12.7 Å². The Morgan fingerprint density at radius 1 is 1.31 bits per heavy atom. The van der Waals surface area contributed by atoms with Crippen LogP contribution in [0, 0.1) is 0 Å². The largest absolute Gasteiger partial charge is 0.376 e. The zero-order valence-electron chi connectivity index (χ0n) is 10.6. The van der Waals surface area contributed by atoms with E-state index < -0.39 is 0 Å². The van der Waals surface area contributed by atoms with Gasteiger partial charge in [-0.1, -0.05) is 12.8 Å². The molecule has 2 fully saturated rings. The summed E-state index contributed by atoms with van der Waals surface area (Å²) in [4.78, 5) is 2.53. The molecule has 1 saturated heterocycles. The first-order valence-corrected chi connectivity index (χ1v) is 6.92. The Labute approximate surface area is 99.5 Å². The van der Waals surface area contributed by atoms with E-state index in [0.717, 1.165) is 25.7 Å². The van der Waals surface area contributed by atoms with Crippen LogP contribution in [0.4, 0.5) is 0 Å². The fraction of sp³-hybridized carbons (Fsp3) is 1.00. The Morgan fingerprint density at radius 3 is 2.88 bits per heavy atom. The summed E-state index contributed by atoms with van der Waals surface area (Å²) in [6.45, 7) is 7.74. The number of hydrogen-bond acceptors (Lipinski definition) is 3. The molecule has 1 unspecified atom stereocenters. The van der Waals surface area contributed by atoms with Crippen molar-refractivity contribution in [2.45, 2.75) is 51.2 Å². The fourth-order valence-corrected chi connectivity index (χ4v) is 2.83. The van der Waals surface area contributed by atoms with Crippen molar-refractivity contribution in [3.05, 3.63) is 0 Å². The van der Waals surface area contributed by atoms with Crippen LogP contribution in [0.15, 0.2) is 0 Å². The highest BCUT2D eigenvalue weighted by atomic mass is 16.5. The predicted octanol–water partition coefficient (Wildman–Crippen LogP) is 1.63. The number of ether oxygens (including phenoxy) is 1. The monoisotopic (exact) mass is 226 g/mol. The zero-order valence-corrected chi connectivity index (χ0v) is 10.6. The Balaban J connectivity index is 1.50. The maximum Gasteiger partial charge on any atom is 0.0674 e. The van der Waals surface area contributed by atoms with Crippen LogP contribution in [0.25, 0.3) is 0 Å². The minimum atomic E-state index is 0.427. The van der Waals surface area contributed by atoms with E-state index in [-0.39, 0.29) is 0 Å². The van der Waals surface area contributed by atoms with Crippen LogP contribution in [0.2, 0.25) is 0 Å². The smallest absolute Gasteiger partial charge is 0.0674 e. The first kappa shape index (κ1) is 12.3. The van der Waals surface area contributed by atoms with Gasteiger partial charge in [0.2, 0.25) is 0 Å². The first-order chi connectivity index (χ1) is 7.84. The van der Waals surface area contributed by atoms with E-state index in [2.05, 4.69) is 17.1 Å². The average molecular weight is 226 g/mol. The Kier molecular flexibility index (Phi) is 5.07. The first-order valence-electron chi connectivity index (χ1n) is 6.92. The number of nitrogens with zero attached hydrogens (tertiary/aromatic N) is 1. The van der Waals surface area contributed by atoms with E-state index in [1.54, 1.807) is 0 Å². The van der Waals surface area contributed by atoms with Crippen LogP contribution in [-0.4, -0.2) is 49.8 Å². The van der Waals surface area contributed by atoms with Crippen molar-refractivity contribution in [3.63, 3.8) is 0 Å². The van der Waals surface area contributed by atoms with Gasteiger partial charge in [-0.05, 0) is 39.3 Å². The molecule has 1 aliphatic carbocycles. The molecule has 1 N–H and O–H groups in total. The van der Waals surface area contributed by atoms with Crippen LogP contribution in [0.1, 0.15) is 39.0 Å². The average Bonchev–Trinajstić information content (AvgIpc) is 2.77. The normalized spacial score (nSPS) is 28.7. The molecule has 0 aromatic carbocycles. The molecule has 94 valence electrons. The lowest BCUT2D eigenvalue weighted by Crippen LogP contribution is -2.42. The Hall–Kier alpha value is -0.120. The van der Waals surface area contributed by atoms with E-state index >= 15 is 0 Å². The highest BCUT2D eigenvalue weighted by Crippen LogP contribution is 2.17. The number of nitrogens with one attached hydrogen (secondary N) is 1. The maximum atomic E-state index is 5.54. The molecular formula is C13H26N2O. The highest BCUT2D eigenvalue weighted by molar-refractivity contribution is 4.74. The van der Waals surface area contributed by atoms with E-state index in [1.807, 2.05) is 0 Å². The van der Waals surface area contributed by atoms with Crippen molar-refractivity contribution < 1.29 is 4.74 Å². The van der Waals surface area contributed by atoms with Gasteiger partial charge in [-0.3, -0.25) is 4.90 Å². The minimum absolute atomic E-state index is 0.427. The van der Waals surface area contributed by atoms with E-state index in [9.17, 15) is 0 Å². The summed E-state index contributed by atoms with van der Waals surface area (Å²) in [6.07, 6.45) is 7.36. The summed E-state index contributed by atoms with van der Waals surface area (Å²) in [5.41, 5.74) is 0. The van der Waals surface area contributed by atoms with Crippen molar-refractivity contribution in [2.24, 2.45) is 0 Å². The van der Waals surface area contributed by atoms with E-state index in [1.165, 1.54) is 45.2 Å². The summed E-state index contributed by atoms with van der Waals surface area (Å²) in [6, 6.07) is 0.823. The molecule has 1 heterocycles. The summed E-state index contributed by atoms with van der Waals surface area (Å²) < 4.78 is 5.54. The molecule has 1 saturated carbocycles. The van der Waals surface area contributed by atoms with Gasteiger partial charge in [0.1, 0.15) is 0 Å². The van der Waals surface area contributed by atoms with Gasteiger partial charge < -0.3 is 10.1 Å². The van der Waals surface area contributed by atoms with Gasteiger partial charge in [0, 0.05) is 19.1 Å². The van der Waals surface area contributed by atoms with Crippen molar-refractivity contribution in [1.82, 2.24) is 10.2 Å². The Morgan fingerprint density at radius 2 is 2.12 bits per heavy atom. The molecule has 1 atom stereocenters. The minimum Gasteiger partial charge on any atom is -0.376 e. The number of rotatable bonds is 5. The van der Waals surface area contributed by atoms with Gasteiger partial charge in [-0.25, -0.2) is 0 Å². The standard InChI is InChI=1S/C13H26N2O/c1-12-11-15(9-10-16-12)8-4-7-14-13-5-2-3-6-13/h12-14H,2-11H2,1H3. The molecule has 0 amide bonds. The second-order valence-electron chi connectivity index (χ2n) is 5.27. The third-order valence-corrected chi connectivity index (χ3v) is 3.76. The van der Waals surface area contributed by atoms with Gasteiger partial charge in [0.15, 0.2) is 0 Å². The molecule has 1 aliphatic heterocycles. The van der Waals surface area contributed by atoms with Crippen molar-refractivity contribution >= 4 is 0 Å². The topological polar surface area (TPSA) is 24.5 Å². The third-order valence-electron chi connectivity index (χ3n) is 3.76. The molecule has 0 spiro atoms. The summed E-state index contributed by atoms with van der Waals surface area (Å²) in [5, 5.41) is 3.67. The lowest BCUT2D eigenvalue weighted by Gasteiger charge is -2.31. The SMILES string of the molecule is CC1CN(CCCNC2CCCC2)CCO1. The van der Waals surface area contributed by atoms with E-state index in [4.69, 9.17) is 4.74 Å². The summed E-state index contributed by atoms with van der Waals surface area (Å²) >= 11 is 0. The highest BCUT2D eigenvalue weighted by Gasteiger charge is 2.16. The molecule has 2 aliphatic rings. The number of morpholine rings is 1. The van der Waals surface area contributed by atoms with Gasteiger partial charge in [-0.15, -0.1) is 0 Å². The van der Waals surface area contributed by atoms with Gasteiger partial charge in [0.25, 0.3) is 0 Å². The second kappa shape index (κ2) is 6.58. The van der Waals surface area contributed by atoms with Crippen LogP contribution in [-0.2, 0) is 4.74 Å². The quantitative estimate of drug-likeness (QED) is 0.721. The zero-order chi connectivity index (χ0) is 11.2. The van der Waals surface area contributed by atoms with Gasteiger partial charge in [-0.2, -0.15) is 0 Å². The number of hydrogen-bond donors (Lipinski definition) is 1. The molecule has 0 bridgehead atoms. The predicted molar refractivity (Wildman–Crippen MR) is 66.7 cm³/mol. The molecule has 3 heteroatoms. The third kappa shape index (κ3) is 4.04.